The summed E-state index contributed by atoms with van der Waals surface area (Å²) in [5, 5.41) is 22.1. The van der Waals surface area contributed by atoms with Gasteiger partial charge in [0.05, 0.1) is 24.8 Å². The molecular weight excluding hydrogens is 306 g/mol. The SMILES string of the molecule is CC(C)(CNCC(O)COc1ccc(C#N)cc1)N1CCOCC1. The van der Waals surface area contributed by atoms with Gasteiger partial charge in [-0.2, -0.15) is 5.26 Å². The van der Waals surface area contributed by atoms with Gasteiger partial charge in [0.25, 0.3) is 0 Å². The zero-order valence-electron chi connectivity index (χ0n) is 14.5. The maximum Gasteiger partial charge on any atom is 0.119 e. The lowest BCUT2D eigenvalue weighted by atomic mass is 10.0. The van der Waals surface area contributed by atoms with Crippen LogP contribution >= 0.6 is 0 Å². The number of nitrogens with one attached hydrogen (secondary N) is 1. The first-order chi connectivity index (χ1) is 11.5. The van der Waals surface area contributed by atoms with Crippen molar-refractivity contribution in [2.45, 2.75) is 25.5 Å². The summed E-state index contributed by atoms with van der Waals surface area (Å²) in [6.45, 7) is 9.34. The molecule has 1 fully saturated rings. The number of hydrogen-bond donors (Lipinski definition) is 2. The maximum atomic E-state index is 10.0. The van der Waals surface area contributed by atoms with Crippen LogP contribution in [0.3, 0.4) is 0 Å². The number of nitrogens with zero attached hydrogens (tertiary/aromatic N) is 2. The molecule has 2 N–H and O–H groups in total. The molecule has 0 saturated carbocycles. The molecule has 0 aromatic heterocycles. The Labute approximate surface area is 144 Å². The Hall–Kier alpha value is -1.65. The lowest BCUT2D eigenvalue weighted by Gasteiger charge is -2.41. The van der Waals surface area contributed by atoms with E-state index in [9.17, 15) is 5.11 Å². The van der Waals surface area contributed by atoms with Gasteiger partial charge in [0.1, 0.15) is 18.5 Å². The molecule has 0 radical (unpaired) electrons. The Balaban J connectivity index is 1.66. The normalized spacial score (nSPS) is 17.2. The molecule has 0 bridgehead atoms. The molecule has 0 amide bonds. The molecule has 24 heavy (non-hydrogen) atoms. The van der Waals surface area contributed by atoms with E-state index in [2.05, 4.69) is 30.1 Å². The van der Waals surface area contributed by atoms with Gasteiger partial charge >= 0.3 is 0 Å². The third-order valence-corrected chi connectivity index (χ3v) is 4.23. The van der Waals surface area contributed by atoms with Crippen LogP contribution < -0.4 is 10.1 Å². The zero-order chi connectivity index (χ0) is 17.4. The van der Waals surface area contributed by atoms with Crippen LogP contribution in [0.15, 0.2) is 24.3 Å². The minimum Gasteiger partial charge on any atom is -0.491 e. The molecule has 1 heterocycles. The summed E-state index contributed by atoms with van der Waals surface area (Å²) in [7, 11) is 0. The fourth-order valence-corrected chi connectivity index (χ4v) is 2.70. The lowest BCUT2D eigenvalue weighted by Crippen LogP contribution is -2.55. The van der Waals surface area contributed by atoms with Gasteiger partial charge in [0.2, 0.25) is 0 Å². The van der Waals surface area contributed by atoms with Gasteiger partial charge in [-0.05, 0) is 38.1 Å². The first-order valence-corrected chi connectivity index (χ1v) is 8.36. The molecular formula is C18H27N3O3. The van der Waals surface area contributed by atoms with E-state index in [1.807, 2.05) is 0 Å². The summed E-state index contributed by atoms with van der Waals surface area (Å²) in [6, 6.07) is 8.93. The first-order valence-electron chi connectivity index (χ1n) is 8.36. The largest absolute Gasteiger partial charge is 0.491 e. The number of morpholine rings is 1. The maximum absolute atomic E-state index is 10.0. The molecule has 132 valence electrons. The number of hydrogen-bond acceptors (Lipinski definition) is 6. The van der Waals surface area contributed by atoms with Gasteiger partial charge in [0, 0.05) is 31.7 Å². The van der Waals surface area contributed by atoms with Crippen LogP contribution in [-0.2, 0) is 4.74 Å². The number of ether oxygens (including phenoxy) is 2. The summed E-state index contributed by atoms with van der Waals surface area (Å²) in [4.78, 5) is 2.41. The van der Waals surface area contributed by atoms with Crippen molar-refractivity contribution in [3.05, 3.63) is 29.8 Å². The van der Waals surface area contributed by atoms with E-state index in [0.29, 0.717) is 17.9 Å². The van der Waals surface area contributed by atoms with Crippen LogP contribution in [0.1, 0.15) is 19.4 Å². The summed E-state index contributed by atoms with van der Waals surface area (Å²) >= 11 is 0. The van der Waals surface area contributed by atoms with Crippen LogP contribution in [0.25, 0.3) is 0 Å². The fraction of sp³-hybridized carbons (Fsp3) is 0.611. The highest BCUT2D eigenvalue weighted by atomic mass is 16.5. The van der Waals surface area contributed by atoms with Gasteiger partial charge in [0.15, 0.2) is 0 Å². The van der Waals surface area contributed by atoms with E-state index >= 15 is 0 Å². The Morgan fingerprint density at radius 1 is 1.33 bits per heavy atom. The minimum atomic E-state index is -0.582. The average Bonchev–Trinajstić information content (AvgIpc) is 2.61. The minimum absolute atomic E-state index is 0.0253. The van der Waals surface area contributed by atoms with E-state index in [0.717, 1.165) is 32.8 Å². The third-order valence-electron chi connectivity index (χ3n) is 4.23. The standard InChI is InChI=1S/C18H27N3O3/c1-18(2,21-7-9-23-10-8-21)14-20-12-16(22)13-24-17-5-3-15(11-19)4-6-17/h3-6,16,20,22H,7-10,12-14H2,1-2H3. The second-order valence-electron chi connectivity index (χ2n) is 6.64. The molecule has 1 aliphatic heterocycles. The molecule has 2 rings (SSSR count). The van der Waals surface area contributed by atoms with Crippen molar-refractivity contribution >= 4 is 0 Å². The Morgan fingerprint density at radius 2 is 2.00 bits per heavy atom. The molecule has 1 unspecified atom stereocenters. The van der Waals surface area contributed by atoms with E-state index in [4.69, 9.17) is 14.7 Å². The van der Waals surface area contributed by atoms with E-state index in [1.54, 1.807) is 24.3 Å². The number of aliphatic hydroxyl groups is 1. The van der Waals surface area contributed by atoms with Gasteiger partial charge in [-0.25, -0.2) is 0 Å². The molecule has 1 saturated heterocycles. The number of rotatable bonds is 8. The molecule has 6 heteroatoms. The van der Waals surface area contributed by atoms with Crippen molar-refractivity contribution in [2.75, 3.05) is 46.0 Å². The molecule has 1 aromatic carbocycles. The van der Waals surface area contributed by atoms with Gasteiger partial charge < -0.3 is 19.9 Å². The van der Waals surface area contributed by atoms with Crippen molar-refractivity contribution in [1.82, 2.24) is 10.2 Å². The Morgan fingerprint density at radius 3 is 2.62 bits per heavy atom. The predicted octanol–water partition coefficient (Wildman–Crippen LogP) is 0.998. The van der Waals surface area contributed by atoms with Crippen molar-refractivity contribution < 1.29 is 14.6 Å². The Bertz CT molecular complexity index is 533. The topological polar surface area (TPSA) is 77.8 Å². The van der Waals surface area contributed by atoms with E-state index in [1.165, 1.54) is 0 Å². The monoisotopic (exact) mass is 333 g/mol. The summed E-state index contributed by atoms with van der Waals surface area (Å²) < 4.78 is 10.9. The number of aliphatic hydroxyl groups excluding tert-OH is 1. The first kappa shape index (κ1) is 18.7. The summed E-state index contributed by atoms with van der Waals surface area (Å²) in [5.74, 6) is 0.654. The second-order valence-corrected chi connectivity index (χ2v) is 6.64. The fourth-order valence-electron chi connectivity index (χ4n) is 2.70. The van der Waals surface area contributed by atoms with Gasteiger partial charge in [-0.3, -0.25) is 4.90 Å². The summed E-state index contributed by atoms with van der Waals surface area (Å²) in [5.41, 5.74) is 0.618. The summed E-state index contributed by atoms with van der Waals surface area (Å²) in [6.07, 6.45) is -0.582. The van der Waals surface area contributed by atoms with Crippen LogP contribution in [0.2, 0.25) is 0 Å². The highest BCUT2D eigenvalue weighted by Crippen LogP contribution is 2.15. The van der Waals surface area contributed by atoms with Gasteiger partial charge in [-0.15, -0.1) is 0 Å². The smallest absolute Gasteiger partial charge is 0.119 e. The van der Waals surface area contributed by atoms with Crippen LogP contribution in [-0.4, -0.2) is 67.6 Å². The zero-order valence-corrected chi connectivity index (χ0v) is 14.5. The molecule has 6 nitrogen and oxygen atoms in total. The predicted molar refractivity (Wildman–Crippen MR) is 92.0 cm³/mol. The van der Waals surface area contributed by atoms with Crippen LogP contribution in [0.5, 0.6) is 5.75 Å². The van der Waals surface area contributed by atoms with Crippen LogP contribution in [0, 0.1) is 11.3 Å². The molecule has 0 aliphatic carbocycles. The highest BCUT2D eigenvalue weighted by molar-refractivity contribution is 5.34. The van der Waals surface area contributed by atoms with Crippen molar-refractivity contribution in [3.63, 3.8) is 0 Å². The molecule has 0 spiro atoms. The van der Waals surface area contributed by atoms with Gasteiger partial charge in [-0.1, -0.05) is 0 Å². The Kier molecular flexibility index (Phi) is 7.00. The third kappa shape index (κ3) is 5.77. The van der Waals surface area contributed by atoms with Crippen molar-refractivity contribution in [1.29, 1.82) is 5.26 Å². The number of benzene rings is 1. The van der Waals surface area contributed by atoms with E-state index < -0.39 is 6.10 Å². The highest BCUT2D eigenvalue weighted by Gasteiger charge is 2.27. The van der Waals surface area contributed by atoms with Crippen molar-refractivity contribution in [2.24, 2.45) is 0 Å². The quantitative estimate of drug-likeness (QED) is 0.739. The molecule has 1 aromatic rings. The molecule has 1 atom stereocenters. The second kappa shape index (κ2) is 9.00. The lowest BCUT2D eigenvalue weighted by molar-refractivity contribution is -0.0107. The van der Waals surface area contributed by atoms with Crippen LogP contribution in [0.4, 0.5) is 0 Å². The van der Waals surface area contributed by atoms with E-state index in [-0.39, 0.29) is 12.1 Å². The molecule has 1 aliphatic rings. The average molecular weight is 333 g/mol. The number of nitriles is 1. The van der Waals surface area contributed by atoms with Crippen molar-refractivity contribution in [3.8, 4) is 11.8 Å².